The van der Waals surface area contributed by atoms with Crippen LogP contribution in [0.4, 0.5) is 0 Å². The third kappa shape index (κ3) is 3.89. The van der Waals surface area contributed by atoms with Crippen LogP contribution in [-0.2, 0) is 4.79 Å². The SMILES string of the molecule is CC(C)CCC(=O)NC1(/C(N)=N/O)CCCCC1. The zero-order valence-corrected chi connectivity index (χ0v) is 11.4. The number of carbonyl (C=O) groups is 1. The summed E-state index contributed by atoms with van der Waals surface area (Å²) in [7, 11) is 0. The maximum Gasteiger partial charge on any atom is 0.220 e. The Hall–Kier alpha value is -1.26. The maximum atomic E-state index is 11.9. The Morgan fingerprint density at radius 3 is 2.50 bits per heavy atom. The molecule has 0 aromatic heterocycles. The molecule has 104 valence electrons. The van der Waals surface area contributed by atoms with Crippen LogP contribution in [0.25, 0.3) is 0 Å². The Balaban J connectivity index is 2.64. The zero-order valence-electron chi connectivity index (χ0n) is 11.4. The van der Waals surface area contributed by atoms with E-state index in [9.17, 15) is 4.79 Å². The van der Waals surface area contributed by atoms with E-state index in [4.69, 9.17) is 10.9 Å². The first-order chi connectivity index (χ1) is 8.50. The number of amides is 1. The molecule has 4 N–H and O–H groups in total. The monoisotopic (exact) mass is 255 g/mol. The third-order valence-electron chi connectivity index (χ3n) is 3.63. The van der Waals surface area contributed by atoms with Crippen LogP contribution < -0.4 is 11.1 Å². The number of nitrogens with two attached hydrogens (primary N) is 1. The van der Waals surface area contributed by atoms with Crippen molar-refractivity contribution < 1.29 is 10.0 Å². The lowest BCUT2D eigenvalue weighted by Crippen LogP contribution is -2.58. The number of oxime groups is 1. The average molecular weight is 255 g/mol. The second-order valence-electron chi connectivity index (χ2n) is 5.61. The molecule has 18 heavy (non-hydrogen) atoms. The van der Waals surface area contributed by atoms with E-state index >= 15 is 0 Å². The number of rotatable bonds is 5. The minimum atomic E-state index is -0.624. The highest BCUT2D eigenvalue weighted by atomic mass is 16.4. The molecule has 1 fully saturated rings. The molecule has 1 aliphatic rings. The van der Waals surface area contributed by atoms with Crippen LogP contribution in [0.5, 0.6) is 0 Å². The number of hydrogen-bond donors (Lipinski definition) is 3. The van der Waals surface area contributed by atoms with Gasteiger partial charge in [0.2, 0.25) is 5.91 Å². The van der Waals surface area contributed by atoms with Crippen LogP contribution in [0.1, 0.15) is 58.8 Å². The van der Waals surface area contributed by atoms with Crippen molar-refractivity contribution in [3.05, 3.63) is 0 Å². The van der Waals surface area contributed by atoms with Crippen LogP contribution in [0.15, 0.2) is 5.16 Å². The fraction of sp³-hybridized carbons (Fsp3) is 0.846. The molecule has 0 unspecified atom stereocenters. The van der Waals surface area contributed by atoms with E-state index in [2.05, 4.69) is 24.3 Å². The number of amidine groups is 1. The van der Waals surface area contributed by atoms with Crippen molar-refractivity contribution >= 4 is 11.7 Å². The van der Waals surface area contributed by atoms with Gasteiger partial charge in [-0.2, -0.15) is 0 Å². The topological polar surface area (TPSA) is 87.7 Å². The van der Waals surface area contributed by atoms with E-state index in [0.717, 1.165) is 38.5 Å². The van der Waals surface area contributed by atoms with Gasteiger partial charge >= 0.3 is 0 Å². The van der Waals surface area contributed by atoms with Crippen LogP contribution in [0, 0.1) is 5.92 Å². The maximum absolute atomic E-state index is 11.9. The Kier molecular flexibility index (Phi) is 5.44. The summed E-state index contributed by atoms with van der Waals surface area (Å²) in [6.45, 7) is 4.18. The molecule has 0 aromatic carbocycles. The standard InChI is InChI=1S/C13H25N3O2/c1-10(2)6-7-11(17)15-13(12(14)16-18)8-4-3-5-9-13/h10,18H,3-9H2,1-2H3,(H2,14,16)(H,15,17). The molecular weight excluding hydrogens is 230 g/mol. The predicted molar refractivity (Wildman–Crippen MR) is 71.4 cm³/mol. The quantitative estimate of drug-likeness (QED) is 0.304. The van der Waals surface area contributed by atoms with Gasteiger partial charge in [0, 0.05) is 6.42 Å². The first kappa shape index (κ1) is 14.8. The molecule has 1 saturated carbocycles. The van der Waals surface area contributed by atoms with Gasteiger partial charge in [-0.25, -0.2) is 0 Å². The largest absolute Gasteiger partial charge is 0.409 e. The van der Waals surface area contributed by atoms with Gasteiger partial charge in [-0.05, 0) is 25.2 Å². The van der Waals surface area contributed by atoms with Gasteiger partial charge in [-0.3, -0.25) is 4.79 Å². The summed E-state index contributed by atoms with van der Waals surface area (Å²) in [5.74, 6) is 0.638. The summed E-state index contributed by atoms with van der Waals surface area (Å²) in [4.78, 5) is 11.9. The van der Waals surface area contributed by atoms with Gasteiger partial charge in [0.25, 0.3) is 0 Å². The van der Waals surface area contributed by atoms with Gasteiger partial charge in [0.05, 0.1) is 0 Å². The second kappa shape index (κ2) is 6.61. The fourth-order valence-corrected chi connectivity index (χ4v) is 2.45. The van der Waals surface area contributed by atoms with E-state index < -0.39 is 5.54 Å². The average Bonchev–Trinajstić information content (AvgIpc) is 2.36. The zero-order chi connectivity index (χ0) is 13.6. The van der Waals surface area contributed by atoms with Crippen LogP contribution in [0.3, 0.4) is 0 Å². The van der Waals surface area contributed by atoms with Crippen molar-refractivity contribution in [1.82, 2.24) is 5.32 Å². The van der Waals surface area contributed by atoms with Crippen LogP contribution in [0.2, 0.25) is 0 Å². The Bertz CT molecular complexity index is 307. The molecule has 5 heteroatoms. The number of nitrogens with zero attached hydrogens (tertiary/aromatic N) is 1. The number of hydrogen-bond acceptors (Lipinski definition) is 3. The van der Waals surface area contributed by atoms with Crippen molar-refractivity contribution in [2.24, 2.45) is 16.8 Å². The summed E-state index contributed by atoms with van der Waals surface area (Å²) in [5, 5.41) is 15.0. The highest BCUT2D eigenvalue weighted by Crippen LogP contribution is 2.28. The van der Waals surface area contributed by atoms with E-state index in [0.29, 0.717) is 12.3 Å². The summed E-state index contributed by atoms with van der Waals surface area (Å²) in [5.41, 5.74) is 5.15. The minimum absolute atomic E-state index is 0.00259. The normalized spacial score (nSPS) is 19.8. The molecule has 5 nitrogen and oxygen atoms in total. The van der Waals surface area contributed by atoms with Crippen molar-refractivity contribution in [3.63, 3.8) is 0 Å². The lowest BCUT2D eigenvalue weighted by molar-refractivity contribution is -0.122. The van der Waals surface area contributed by atoms with Gasteiger partial charge in [0.1, 0.15) is 5.54 Å². The van der Waals surface area contributed by atoms with Crippen molar-refractivity contribution in [1.29, 1.82) is 0 Å². The Labute approximate surface area is 109 Å². The highest BCUT2D eigenvalue weighted by molar-refractivity contribution is 5.94. The highest BCUT2D eigenvalue weighted by Gasteiger charge is 2.37. The summed E-state index contributed by atoms with van der Waals surface area (Å²) in [6.07, 6.45) is 6.02. The van der Waals surface area contributed by atoms with Crippen LogP contribution >= 0.6 is 0 Å². The third-order valence-corrected chi connectivity index (χ3v) is 3.63. The van der Waals surface area contributed by atoms with Crippen LogP contribution in [-0.4, -0.2) is 22.5 Å². The molecule has 0 atom stereocenters. The number of carbonyl (C=O) groups excluding carboxylic acids is 1. The first-order valence-corrected chi connectivity index (χ1v) is 6.79. The first-order valence-electron chi connectivity index (χ1n) is 6.79. The number of nitrogens with one attached hydrogen (secondary N) is 1. The molecule has 0 spiro atoms. The van der Waals surface area contributed by atoms with Crippen molar-refractivity contribution in [2.45, 2.75) is 64.3 Å². The predicted octanol–water partition coefficient (Wildman–Crippen LogP) is 1.99. The molecule has 1 amide bonds. The minimum Gasteiger partial charge on any atom is -0.409 e. The van der Waals surface area contributed by atoms with E-state index in [-0.39, 0.29) is 11.7 Å². The molecule has 0 saturated heterocycles. The van der Waals surface area contributed by atoms with E-state index in [1.165, 1.54) is 0 Å². The molecule has 0 aromatic rings. The summed E-state index contributed by atoms with van der Waals surface area (Å²) >= 11 is 0. The summed E-state index contributed by atoms with van der Waals surface area (Å²) < 4.78 is 0. The lowest BCUT2D eigenvalue weighted by atomic mass is 9.80. The molecule has 0 heterocycles. The molecule has 0 bridgehead atoms. The fourth-order valence-electron chi connectivity index (χ4n) is 2.45. The Morgan fingerprint density at radius 1 is 1.39 bits per heavy atom. The van der Waals surface area contributed by atoms with E-state index in [1.54, 1.807) is 0 Å². The van der Waals surface area contributed by atoms with Gasteiger partial charge < -0.3 is 16.3 Å². The van der Waals surface area contributed by atoms with Gasteiger partial charge in [-0.15, -0.1) is 0 Å². The molecule has 0 aliphatic heterocycles. The molecule has 0 radical (unpaired) electrons. The Morgan fingerprint density at radius 2 is 2.00 bits per heavy atom. The van der Waals surface area contributed by atoms with Gasteiger partial charge in [0.15, 0.2) is 5.84 Å². The van der Waals surface area contributed by atoms with Gasteiger partial charge in [-0.1, -0.05) is 38.3 Å². The second-order valence-corrected chi connectivity index (χ2v) is 5.61. The lowest BCUT2D eigenvalue weighted by Gasteiger charge is -2.36. The van der Waals surface area contributed by atoms with Crippen molar-refractivity contribution in [2.75, 3.05) is 0 Å². The van der Waals surface area contributed by atoms with E-state index in [1.807, 2.05) is 0 Å². The molecular formula is C13H25N3O2. The van der Waals surface area contributed by atoms with Crippen molar-refractivity contribution in [3.8, 4) is 0 Å². The molecule has 1 rings (SSSR count). The smallest absolute Gasteiger partial charge is 0.220 e. The summed E-state index contributed by atoms with van der Waals surface area (Å²) in [6, 6.07) is 0. The molecule has 1 aliphatic carbocycles.